The molecule has 0 unspecified atom stereocenters. The summed E-state index contributed by atoms with van der Waals surface area (Å²) in [5.41, 5.74) is -0.475. The minimum atomic E-state index is -1.16. The Hall–Kier alpha value is -2.90. The number of hydrogen-bond acceptors (Lipinski definition) is 4. The van der Waals surface area contributed by atoms with Gasteiger partial charge in [-0.2, -0.15) is 0 Å². The van der Waals surface area contributed by atoms with E-state index < -0.39 is 29.9 Å². The van der Waals surface area contributed by atoms with E-state index in [0.29, 0.717) is 18.4 Å². The van der Waals surface area contributed by atoms with Crippen molar-refractivity contribution in [3.05, 3.63) is 35.9 Å². The van der Waals surface area contributed by atoms with Gasteiger partial charge >= 0.3 is 6.03 Å². The zero-order valence-electron chi connectivity index (χ0n) is 14.3. The molecule has 1 aliphatic heterocycles. The van der Waals surface area contributed by atoms with E-state index in [1.54, 1.807) is 24.3 Å². The molecule has 0 spiro atoms. The maximum atomic E-state index is 12.9. The molecule has 1 fully saturated rings. The van der Waals surface area contributed by atoms with Crippen molar-refractivity contribution in [3.8, 4) is 0 Å². The lowest BCUT2D eigenvalue weighted by atomic mass is 9.85. The van der Waals surface area contributed by atoms with Gasteiger partial charge in [-0.25, -0.2) is 4.79 Å². The first-order chi connectivity index (χ1) is 11.9. The first-order valence-electron chi connectivity index (χ1n) is 8.11. The topological polar surface area (TPSA) is 108 Å². The van der Waals surface area contributed by atoms with Crippen molar-refractivity contribution in [2.75, 3.05) is 20.1 Å². The van der Waals surface area contributed by atoms with Crippen LogP contribution in [0.1, 0.15) is 25.3 Å². The number of amides is 5. The van der Waals surface area contributed by atoms with Crippen LogP contribution in [0, 0.1) is 0 Å². The molecule has 0 aromatic heterocycles. The minimum absolute atomic E-state index is 0.211. The number of rotatable bonds is 7. The second-order valence-electron chi connectivity index (χ2n) is 5.79. The molecule has 3 N–H and O–H groups in total. The van der Waals surface area contributed by atoms with E-state index in [4.69, 9.17) is 0 Å². The van der Waals surface area contributed by atoms with Crippen molar-refractivity contribution in [3.63, 3.8) is 0 Å². The molecule has 8 heteroatoms. The van der Waals surface area contributed by atoms with E-state index in [2.05, 4.69) is 16.0 Å². The Morgan fingerprint density at radius 2 is 1.84 bits per heavy atom. The summed E-state index contributed by atoms with van der Waals surface area (Å²) in [6, 6.07) is 8.37. The van der Waals surface area contributed by atoms with Crippen LogP contribution in [0.25, 0.3) is 0 Å². The molecule has 1 aromatic rings. The van der Waals surface area contributed by atoms with Gasteiger partial charge in [-0.1, -0.05) is 43.7 Å². The molecule has 2 rings (SSSR count). The summed E-state index contributed by atoms with van der Waals surface area (Å²) in [6.45, 7) is 1.28. The lowest BCUT2D eigenvalue weighted by molar-refractivity contribution is -0.135. The second kappa shape index (κ2) is 7.78. The highest BCUT2D eigenvalue weighted by atomic mass is 16.2. The van der Waals surface area contributed by atoms with Gasteiger partial charge in [-0.3, -0.25) is 19.3 Å². The third-order valence-corrected chi connectivity index (χ3v) is 4.09. The van der Waals surface area contributed by atoms with E-state index in [-0.39, 0.29) is 12.5 Å². The third kappa shape index (κ3) is 3.78. The summed E-state index contributed by atoms with van der Waals surface area (Å²) in [4.78, 5) is 49.3. The predicted molar refractivity (Wildman–Crippen MR) is 90.3 cm³/mol. The Morgan fingerprint density at radius 3 is 2.44 bits per heavy atom. The molecular weight excluding hydrogens is 324 g/mol. The number of nitrogens with one attached hydrogen (secondary N) is 3. The minimum Gasteiger partial charge on any atom is -0.358 e. The van der Waals surface area contributed by atoms with Crippen molar-refractivity contribution in [2.24, 2.45) is 0 Å². The zero-order valence-corrected chi connectivity index (χ0v) is 14.3. The van der Waals surface area contributed by atoms with E-state index in [1.807, 2.05) is 13.0 Å². The number of nitrogens with zero attached hydrogens (tertiary/aromatic N) is 1. The Bertz CT molecular complexity index is 676. The monoisotopic (exact) mass is 346 g/mol. The van der Waals surface area contributed by atoms with Crippen molar-refractivity contribution in [2.45, 2.75) is 25.3 Å². The first-order valence-corrected chi connectivity index (χ1v) is 8.11. The lowest BCUT2D eigenvalue weighted by Crippen LogP contribution is -2.46. The van der Waals surface area contributed by atoms with Gasteiger partial charge in [0.25, 0.3) is 5.91 Å². The molecule has 1 aromatic carbocycles. The van der Waals surface area contributed by atoms with Crippen LogP contribution in [0.5, 0.6) is 0 Å². The predicted octanol–water partition coefficient (Wildman–Crippen LogP) is 0.0960. The molecule has 1 heterocycles. The van der Waals surface area contributed by atoms with E-state index in [1.165, 1.54) is 7.05 Å². The fourth-order valence-corrected chi connectivity index (χ4v) is 2.84. The normalized spacial score (nSPS) is 19.5. The highest BCUT2D eigenvalue weighted by Crippen LogP contribution is 2.33. The van der Waals surface area contributed by atoms with Gasteiger partial charge in [0.2, 0.25) is 11.8 Å². The summed E-state index contributed by atoms with van der Waals surface area (Å²) < 4.78 is 0. The molecule has 134 valence electrons. The van der Waals surface area contributed by atoms with Crippen LogP contribution in [0.15, 0.2) is 30.3 Å². The van der Waals surface area contributed by atoms with Gasteiger partial charge < -0.3 is 16.0 Å². The number of carbonyl (C=O) groups is 4. The summed E-state index contributed by atoms with van der Waals surface area (Å²) in [6.07, 6.45) is 1.11. The number of carbonyl (C=O) groups excluding carboxylic acids is 4. The Morgan fingerprint density at radius 1 is 1.16 bits per heavy atom. The molecule has 0 aliphatic carbocycles. The summed E-state index contributed by atoms with van der Waals surface area (Å²) in [7, 11) is 1.45. The average molecular weight is 346 g/mol. The number of likely N-dealkylation sites (N-methyl/N-ethyl adjacent to an activating group) is 1. The quantitative estimate of drug-likeness (QED) is 0.608. The molecule has 1 atom stereocenters. The Balaban J connectivity index is 2.17. The first kappa shape index (κ1) is 18.4. The van der Waals surface area contributed by atoms with Crippen molar-refractivity contribution in [1.82, 2.24) is 20.9 Å². The fraction of sp³-hybridized carbons (Fsp3) is 0.412. The summed E-state index contributed by atoms with van der Waals surface area (Å²) in [5, 5.41) is 7.49. The fourth-order valence-electron chi connectivity index (χ4n) is 2.84. The van der Waals surface area contributed by atoms with Crippen LogP contribution >= 0.6 is 0 Å². The van der Waals surface area contributed by atoms with Gasteiger partial charge in [0.1, 0.15) is 12.1 Å². The van der Waals surface area contributed by atoms with Crippen LogP contribution in [0.4, 0.5) is 4.79 Å². The molecule has 0 bridgehead atoms. The summed E-state index contributed by atoms with van der Waals surface area (Å²) in [5.74, 6) is -1.40. The van der Waals surface area contributed by atoms with E-state index in [0.717, 1.165) is 4.90 Å². The van der Waals surface area contributed by atoms with Gasteiger partial charge in [0.05, 0.1) is 6.54 Å². The van der Waals surface area contributed by atoms with Gasteiger partial charge in [-0.05, 0) is 12.0 Å². The number of hydrogen-bond donors (Lipinski definition) is 3. The largest absolute Gasteiger partial charge is 0.358 e. The zero-order chi connectivity index (χ0) is 18.4. The molecule has 1 saturated heterocycles. The Kier molecular flexibility index (Phi) is 5.74. The smallest absolute Gasteiger partial charge is 0.325 e. The Labute approximate surface area is 145 Å². The summed E-state index contributed by atoms with van der Waals surface area (Å²) >= 11 is 0. The average Bonchev–Trinajstić information content (AvgIpc) is 2.86. The van der Waals surface area contributed by atoms with Crippen LogP contribution in [-0.2, 0) is 19.9 Å². The van der Waals surface area contributed by atoms with Crippen molar-refractivity contribution < 1.29 is 19.2 Å². The van der Waals surface area contributed by atoms with E-state index in [9.17, 15) is 19.2 Å². The number of urea groups is 1. The molecule has 0 saturated carbocycles. The van der Waals surface area contributed by atoms with Crippen molar-refractivity contribution in [1.29, 1.82) is 0 Å². The molecule has 0 radical (unpaired) electrons. The molecule has 5 amide bonds. The second-order valence-corrected chi connectivity index (χ2v) is 5.79. The van der Waals surface area contributed by atoms with E-state index >= 15 is 0 Å². The highest BCUT2D eigenvalue weighted by molar-refractivity contribution is 6.09. The van der Waals surface area contributed by atoms with Crippen molar-refractivity contribution >= 4 is 23.8 Å². The number of imide groups is 1. The van der Waals surface area contributed by atoms with Crippen LogP contribution in [0.2, 0.25) is 0 Å². The van der Waals surface area contributed by atoms with Crippen LogP contribution < -0.4 is 16.0 Å². The molecule has 8 nitrogen and oxygen atoms in total. The van der Waals surface area contributed by atoms with Crippen LogP contribution in [0.3, 0.4) is 0 Å². The molecule has 25 heavy (non-hydrogen) atoms. The standard InChI is InChI=1S/C17H22N4O4/c1-3-9-17(12-7-5-4-6-8-12)15(24)21(16(25)20-17)11-14(23)19-10-13(22)18-2/h4-8H,3,9-11H2,1-2H3,(H,18,22)(H,19,23)(H,20,25)/t17-/m1/s1. The molecule has 1 aliphatic rings. The lowest BCUT2D eigenvalue weighted by Gasteiger charge is -2.26. The van der Waals surface area contributed by atoms with Gasteiger partial charge in [0.15, 0.2) is 0 Å². The third-order valence-electron chi connectivity index (χ3n) is 4.09. The maximum Gasteiger partial charge on any atom is 0.325 e. The maximum absolute atomic E-state index is 12.9. The van der Waals surface area contributed by atoms with Crippen LogP contribution in [-0.4, -0.2) is 48.8 Å². The van der Waals surface area contributed by atoms with Gasteiger partial charge in [0, 0.05) is 7.05 Å². The van der Waals surface area contributed by atoms with Gasteiger partial charge in [-0.15, -0.1) is 0 Å². The SMILES string of the molecule is CCC[C@]1(c2ccccc2)NC(=O)N(CC(=O)NCC(=O)NC)C1=O. The number of benzene rings is 1. The highest BCUT2D eigenvalue weighted by Gasteiger charge is 2.52. The molecular formula is C17H22N4O4.